The molecule has 0 radical (unpaired) electrons. The van der Waals surface area contributed by atoms with Crippen molar-refractivity contribution < 1.29 is 14.7 Å². The van der Waals surface area contributed by atoms with Crippen LogP contribution in [0.3, 0.4) is 0 Å². The van der Waals surface area contributed by atoms with E-state index < -0.39 is 12.0 Å². The van der Waals surface area contributed by atoms with Crippen LogP contribution in [0.25, 0.3) is 10.9 Å². The van der Waals surface area contributed by atoms with Crippen LogP contribution in [0.5, 0.6) is 0 Å². The predicted octanol–water partition coefficient (Wildman–Crippen LogP) is 4.63. The minimum Gasteiger partial charge on any atom is -0.480 e. The van der Waals surface area contributed by atoms with Crippen molar-refractivity contribution in [1.82, 2.24) is 9.88 Å². The summed E-state index contributed by atoms with van der Waals surface area (Å²) in [4.78, 5) is 24.5. The number of allylic oxidation sites excluding steroid dienone is 1. The average molecular weight is 370 g/mol. The number of fused-ring (bicyclic) bond motifs is 1. The molecule has 2 rings (SSSR count). The average Bonchev–Trinajstić information content (AvgIpc) is 2.90. The van der Waals surface area contributed by atoms with Gasteiger partial charge in [0.15, 0.2) is 0 Å². The number of carboxylic acid groups (broad SMARTS) is 1. The fourth-order valence-electron chi connectivity index (χ4n) is 3.40. The Kier molecular flexibility index (Phi) is 6.83. The molecule has 0 aliphatic rings. The van der Waals surface area contributed by atoms with Gasteiger partial charge < -0.3 is 15.0 Å². The first-order chi connectivity index (χ1) is 12.8. The normalized spacial score (nSPS) is 12.3. The van der Waals surface area contributed by atoms with Crippen LogP contribution < -0.4 is 5.32 Å². The molecule has 1 unspecified atom stereocenters. The van der Waals surface area contributed by atoms with Gasteiger partial charge in [0.05, 0.1) is 0 Å². The van der Waals surface area contributed by atoms with E-state index in [9.17, 15) is 14.7 Å². The number of carbonyl (C=O) groups excluding carboxylic acids is 1. The monoisotopic (exact) mass is 370 g/mol. The summed E-state index contributed by atoms with van der Waals surface area (Å²) in [6.45, 7) is 12.5. The lowest BCUT2D eigenvalue weighted by Gasteiger charge is -2.16. The van der Waals surface area contributed by atoms with Crippen molar-refractivity contribution in [2.45, 2.75) is 65.5 Å². The van der Waals surface area contributed by atoms with Gasteiger partial charge in [0.2, 0.25) is 0 Å². The lowest BCUT2D eigenvalue weighted by molar-refractivity contribution is -0.139. The van der Waals surface area contributed by atoms with E-state index in [1.807, 2.05) is 24.5 Å². The Morgan fingerprint density at radius 1 is 1.33 bits per heavy atom. The van der Waals surface area contributed by atoms with Gasteiger partial charge in [-0.2, -0.15) is 0 Å². The first kappa shape index (κ1) is 20.7. The first-order valence-electron chi connectivity index (χ1n) is 9.59. The highest BCUT2D eigenvalue weighted by Crippen LogP contribution is 2.29. The third-order valence-corrected chi connectivity index (χ3v) is 4.98. The smallest absolute Gasteiger partial charge is 0.326 e. The number of nitrogens with one attached hydrogen (secondary N) is 1. The van der Waals surface area contributed by atoms with Crippen LogP contribution in [0.1, 0.15) is 67.6 Å². The molecule has 0 saturated carbocycles. The maximum absolute atomic E-state index is 13.0. The van der Waals surface area contributed by atoms with Crippen LogP contribution in [0.15, 0.2) is 30.9 Å². The molecule has 2 N–H and O–H groups in total. The molecule has 146 valence electrons. The molecule has 0 aliphatic heterocycles. The van der Waals surface area contributed by atoms with Gasteiger partial charge in [-0.1, -0.05) is 45.8 Å². The quantitative estimate of drug-likeness (QED) is 0.632. The molecule has 1 heterocycles. The maximum atomic E-state index is 13.0. The molecule has 27 heavy (non-hydrogen) atoms. The highest BCUT2D eigenvalue weighted by Gasteiger charge is 2.25. The first-order valence-corrected chi connectivity index (χ1v) is 9.59. The van der Waals surface area contributed by atoms with Crippen LogP contribution in [0.2, 0.25) is 0 Å². The fourth-order valence-corrected chi connectivity index (χ4v) is 3.40. The zero-order valence-electron chi connectivity index (χ0n) is 16.7. The molecule has 0 spiro atoms. The van der Waals surface area contributed by atoms with E-state index in [0.717, 1.165) is 29.3 Å². The summed E-state index contributed by atoms with van der Waals surface area (Å²) in [5, 5.41) is 13.2. The van der Waals surface area contributed by atoms with Crippen molar-refractivity contribution in [3.63, 3.8) is 0 Å². The summed E-state index contributed by atoms with van der Waals surface area (Å²) >= 11 is 0. The Labute approximate surface area is 161 Å². The van der Waals surface area contributed by atoms with Crippen molar-refractivity contribution >= 4 is 22.8 Å². The van der Waals surface area contributed by atoms with Crippen molar-refractivity contribution in [2.75, 3.05) is 0 Å². The molecule has 0 aliphatic carbocycles. The second kappa shape index (κ2) is 8.89. The Bertz CT molecular complexity index is 849. The minimum absolute atomic E-state index is 0.347. The third kappa shape index (κ3) is 4.41. The van der Waals surface area contributed by atoms with Gasteiger partial charge in [-0.3, -0.25) is 4.79 Å². The standard InChI is InChI=1S/C22H30N2O3/c1-6-8-9-18(22(26)27)23-21(25)20-15(5)17-13-16(14(3)4)10-11-19(17)24(20)12-7-2/h7,10-11,13-14,18H,2,6,8-9,12H2,1,3-5H3,(H,23,25)(H,26,27). The van der Waals surface area contributed by atoms with Crippen molar-refractivity contribution in [2.24, 2.45) is 0 Å². The molecule has 1 aromatic carbocycles. The number of rotatable bonds is 9. The zero-order valence-corrected chi connectivity index (χ0v) is 16.7. The van der Waals surface area contributed by atoms with Gasteiger partial charge in [0.1, 0.15) is 11.7 Å². The second-order valence-electron chi connectivity index (χ2n) is 7.31. The zero-order chi connectivity index (χ0) is 20.1. The van der Waals surface area contributed by atoms with Crippen molar-refractivity contribution in [1.29, 1.82) is 0 Å². The number of aromatic nitrogens is 1. The predicted molar refractivity (Wildman–Crippen MR) is 109 cm³/mol. The van der Waals surface area contributed by atoms with Crippen LogP contribution in [0, 0.1) is 6.92 Å². The maximum Gasteiger partial charge on any atom is 0.326 e. The SMILES string of the molecule is C=CCn1c(C(=O)NC(CCCC)C(=O)O)c(C)c2cc(C(C)C)ccc21. The summed E-state index contributed by atoms with van der Waals surface area (Å²) in [7, 11) is 0. The molecule has 1 amide bonds. The highest BCUT2D eigenvalue weighted by molar-refractivity contribution is 6.03. The largest absolute Gasteiger partial charge is 0.480 e. The van der Waals surface area contributed by atoms with E-state index in [2.05, 4.69) is 37.9 Å². The number of hydrogen-bond acceptors (Lipinski definition) is 2. The Morgan fingerprint density at radius 3 is 2.59 bits per heavy atom. The topological polar surface area (TPSA) is 71.3 Å². The fraction of sp³-hybridized carbons (Fsp3) is 0.455. The Hall–Kier alpha value is -2.56. The summed E-state index contributed by atoms with van der Waals surface area (Å²) in [5.74, 6) is -0.956. The van der Waals surface area contributed by atoms with E-state index in [1.165, 1.54) is 5.56 Å². The number of carbonyl (C=O) groups is 2. The molecule has 0 bridgehead atoms. The van der Waals surface area contributed by atoms with Crippen LogP contribution in [0.4, 0.5) is 0 Å². The van der Waals surface area contributed by atoms with E-state index in [-0.39, 0.29) is 5.91 Å². The van der Waals surface area contributed by atoms with Crippen LogP contribution in [-0.2, 0) is 11.3 Å². The number of aryl methyl sites for hydroxylation is 1. The molecule has 2 aromatic rings. The summed E-state index contributed by atoms with van der Waals surface area (Å²) in [6.07, 6.45) is 3.81. The summed E-state index contributed by atoms with van der Waals surface area (Å²) < 4.78 is 1.91. The van der Waals surface area contributed by atoms with Gasteiger partial charge in [-0.05, 0) is 42.5 Å². The summed E-state index contributed by atoms with van der Waals surface area (Å²) in [6, 6.07) is 5.36. The van der Waals surface area contributed by atoms with Gasteiger partial charge in [0.25, 0.3) is 5.91 Å². The molecule has 1 aromatic heterocycles. The van der Waals surface area contributed by atoms with Gasteiger partial charge in [0, 0.05) is 17.4 Å². The number of hydrogen-bond donors (Lipinski definition) is 2. The Morgan fingerprint density at radius 2 is 2.04 bits per heavy atom. The molecular formula is C22H30N2O3. The van der Waals surface area contributed by atoms with Crippen molar-refractivity contribution in [3.05, 3.63) is 47.7 Å². The van der Waals surface area contributed by atoms with Gasteiger partial charge in [-0.25, -0.2) is 4.79 Å². The number of amides is 1. The molecule has 0 fully saturated rings. The molecule has 5 heteroatoms. The number of carboxylic acids is 1. The second-order valence-corrected chi connectivity index (χ2v) is 7.31. The molecule has 1 atom stereocenters. The number of nitrogens with zero attached hydrogens (tertiary/aromatic N) is 1. The lowest BCUT2D eigenvalue weighted by Crippen LogP contribution is -2.41. The molecular weight excluding hydrogens is 340 g/mol. The van der Waals surface area contributed by atoms with Gasteiger partial charge in [-0.15, -0.1) is 6.58 Å². The van der Waals surface area contributed by atoms with E-state index in [0.29, 0.717) is 24.6 Å². The van der Waals surface area contributed by atoms with E-state index in [4.69, 9.17) is 0 Å². The summed E-state index contributed by atoms with van der Waals surface area (Å²) in [5.41, 5.74) is 3.54. The van der Waals surface area contributed by atoms with Crippen LogP contribution >= 0.6 is 0 Å². The Balaban J connectivity index is 2.50. The molecule has 0 saturated heterocycles. The van der Waals surface area contributed by atoms with Crippen LogP contribution in [-0.4, -0.2) is 27.6 Å². The highest BCUT2D eigenvalue weighted by atomic mass is 16.4. The lowest BCUT2D eigenvalue weighted by atomic mass is 10.0. The van der Waals surface area contributed by atoms with Crippen molar-refractivity contribution in [3.8, 4) is 0 Å². The number of aliphatic carboxylic acids is 1. The minimum atomic E-state index is -0.997. The number of benzene rings is 1. The third-order valence-electron chi connectivity index (χ3n) is 4.98. The number of unbranched alkanes of at least 4 members (excludes halogenated alkanes) is 1. The van der Waals surface area contributed by atoms with Gasteiger partial charge >= 0.3 is 5.97 Å². The van der Waals surface area contributed by atoms with E-state index in [1.54, 1.807) is 6.08 Å². The van der Waals surface area contributed by atoms with E-state index >= 15 is 0 Å². The molecule has 5 nitrogen and oxygen atoms in total.